The average molecular weight is 408 g/mol. The van der Waals surface area contributed by atoms with Gasteiger partial charge in [0.2, 0.25) is 5.91 Å². The number of hydrogen-bond acceptors (Lipinski definition) is 3. The number of aryl methyl sites for hydroxylation is 1. The number of carbonyl (C=O) groups is 3. The maximum atomic E-state index is 12.3. The van der Waals surface area contributed by atoms with Gasteiger partial charge in [-0.15, -0.1) is 0 Å². The Balaban J connectivity index is 1.90. The number of halogens is 3. The molecule has 0 heterocycles. The summed E-state index contributed by atoms with van der Waals surface area (Å²) in [5, 5.41) is 9.05. The normalized spacial score (nSPS) is 10.8. The van der Waals surface area contributed by atoms with Gasteiger partial charge in [-0.3, -0.25) is 9.59 Å². The highest BCUT2D eigenvalue weighted by atomic mass is 19.4. The summed E-state index contributed by atoms with van der Waals surface area (Å²) in [5.41, 5.74) is 1.39. The minimum Gasteiger partial charge on any atom is -0.343 e. The molecular weight excluding hydrogens is 389 g/mol. The molecule has 4 amide bonds. The molecule has 0 radical (unpaired) electrons. The Morgan fingerprint density at radius 2 is 1.66 bits per heavy atom. The first-order valence-electron chi connectivity index (χ1n) is 8.49. The van der Waals surface area contributed by atoms with E-state index in [9.17, 15) is 27.6 Å². The van der Waals surface area contributed by atoms with Crippen LogP contribution in [-0.4, -0.2) is 37.1 Å². The third-order valence-electron chi connectivity index (χ3n) is 3.58. The zero-order chi connectivity index (χ0) is 21.4. The molecule has 0 saturated carbocycles. The van der Waals surface area contributed by atoms with Crippen molar-refractivity contribution in [3.63, 3.8) is 0 Å². The lowest BCUT2D eigenvalue weighted by Gasteiger charge is -2.13. The van der Waals surface area contributed by atoms with Gasteiger partial charge in [0.15, 0.2) is 0 Å². The molecule has 0 aromatic heterocycles. The highest BCUT2D eigenvalue weighted by Crippen LogP contribution is 2.17. The Morgan fingerprint density at radius 3 is 2.34 bits per heavy atom. The maximum absolute atomic E-state index is 12.3. The fraction of sp³-hybridized carbons (Fsp3) is 0.211. The van der Waals surface area contributed by atoms with Gasteiger partial charge in [0.25, 0.3) is 5.91 Å². The molecule has 0 unspecified atom stereocenters. The first kappa shape index (κ1) is 21.7. The molecule has 7 nitrogen and oxygen atoms in total. The van der Waals surface area contributed by atoms with Crippen LogP contribution in [0.1, 0.15) is 15.9 Å². The van der Waals surface area contributed by atoms with Crippen LogP contribution in [0.3, 0.4) is 0 Å². The molecule has 2 rings (SSSR count). The largest absolute Gasteiger partial charge is 0.405 e. The van der Waals surface area contributed by atoms with Gasteiger partial charge in [0.05, 0.1) is 17.8 Å². The van der Waals surface area contributed by atoms with Gasteiger partial charge in [-0.1, -0.05) is 24.3 Å². The Morgan fingerprint density at radius 1 is 0.931 bits per heavy atom. The second-order valence-corrected chi connectivity index (χ2v) is 6.07. The number of nitrogens with one attached hydrogen (secondary N) is 4. The van der Waals surface area contributed by atoms with Crippen LogP contribution in [0, 0.1) is 6.92 Å². The standard InChI is InChI=1S/C19H19F3N4O3/c1-12-5-4-6-13(9-12)25-18(29)23-10-16(27)26-15-8-3-2-7-14(15)17(28)24-11-19(20,21)22/h2-9H,10-11H2,1H3,(H,24,28)(H,26,27)(H2,23,25,29). The van der Waals surface area contributed by atoms with E-state index in [0.717, 1.165) is 5.56 Å². The van der Waals surface area contributed by atoms with Crippen molar-refractivity contribution in [1.82, 2.24) is 10.6 Å². The maximum Gasteiger partial charge on any atom is 0.405 e. The summed E-state index contributed by atoms with van der Waals surface area (Å²) in [6, 6.07) is 12.0. The number of benzene rings is 2. The van der Waals surface area contributed by atoms with Gasteiger partial charge >= 0.3 is 12.2 Å². The van der Waals surface area contributed by atoms with E-state index in [2.05, 4.69) is 16.0 Å². The van der Waals surface area contributed by atoms with Crippen molar-refractivity contribution in [2.24, 2.45) is 0 Å². The number of amides is 4. The van der Waals surface area contributed by atoms with Gasteiger partial charge in [-0.25, -0.2) is 4.79 Å². The van der Waals surface area contributed by atoms with Gasteiger partial charge in [0, 0.05) is 5.69 Å². The van der Waals surface area contributed by atoms with Crippen LogP contribution >= 0.6 is 0 Å². The van der Waals surface area contributed by atoms with Gasteiger partial charge in [-0.2, -0.15) is 13.2 Å². The zero-order valence-electron chi connectivity index (χ0n) is 15.4. The number of hydrogen-bond donors (Lipinski definition) is 4. The molecule has 29 heavy (non-hydrogen) atoms. The minimum atomic E-state index is -4.55. The van der Waals surface area contributed by atoms with E-state index in [1.165, 1.54) is 24.3 Å². The summed E-state index contributed by atoms with van der Waals surface area (Å²) in [5.74, 6) is -1.64. The SMILES string of the molecule is Cc1cccc(NC(=O)NCC(=O)Nc2ccccc2C(=O)NCC(F)(F)F)c1. The topological polar surface area (TPSA) is 99.3 Å². The summed E-state index contributed by atoms with van der Waals surface area (Å²) in [4.78, 5) is 35.9. The number of rotatable bonds is 6. The van der Waals surface area contributed by atoms with Crippen molar-refractivity contribution in [3.8, 4) is 0 Å². The fourth-order valence-corrected chi connectivity index (χ4v) is 2.32. The average Bonchev–Trinajstić information content (AvgIpc) is 2.64. The molecule has 0 aliphatic heterocycles. The number of anilines is 2. The molecule has 0 fully saturated rings. The predicted octanol–water partition coefficient (Wildman–Crippen LogP) is 3.05. The molecule has 154 valence electrons. The number of para-hydroxylation sites is 1. The van der Waals surface area contributed by atoms with Crippen LogP contribution in [0.4, 0.5) is 29.3 Å². The van der Waals surface area contributed by atoms with E-state index in [0.29, 0.717) is 5.69 Å². The second kappa shape index (κ2) is 9.58. The monoisotopic (exact) mass is 408 g/mol. The van der Waals surface area contributed by atoms with Crippen LogP contribution in [0.25, 0.3) is 0 Å². The van der Waals surface area contributed by atoms with Crippen molar-refractivity contribution < 1.29 is 27.6 Å². The third-order valence-corrected chi connectivity index (χ3v) is 3.58. The first-order valence-corrected chi connectivity index (χ1v) is 8.49. The quantitative estimate of drug-likeness (QED) is 0.591. The van der Waals surface area contributed by atoms with Crippen LogP contribution in [0.15, 0.2) is 48.5 Å². The van der Waals surface area contributed by atoms with Crippen LogP contribution in [0.2, 0.25) is 0 Å². The van der Waals surface area contributed by atoms with Crippen molar-refractivity contribution in [3.05, 3.63) is 59.7 Å². The van der Waals surface area contributed by atoms with Gasteiger partial charge in [0.1, 0.15) is 6.54 Å². The molecule has 0 aliphatic carbocycles. The summed E-state index contributed by atoms with van der Waals surface area (Å²) >= 11 is 0. The van der Waals surface area contributed by atoms with Gasteiger partial charge < -0.3 is 21.3 Å². The van der Waals surface area contributed by atoms with Crippen molar-refractivity contribution in [2.75, 3.05) is 23.7 Å². The van der Waals surface area contributed by atoms with Crippen molar-refractivity contribution >= 4 is 29.2 Å². The first-order chi connectivity index (χ1) is 13.6. The van der Waals surface area contributed by atoms with E-state index in [1.54, 1.807) is 23.5 Å². The summed E-state index contributed by atoms with van der Waals surface area (Å²) < 4.78 is 36.8. The molecule has 2 aromatic carbocycles. The van der Waals surface area contributed by atoms with Crippen LogP contribution < -0.4 is 21.3 Å². The molecule has 0 saturated heterocycles. The highest BCUT2D eigenvalue weighted by Gasteiger charge is 2.28. The summed E-state index contributed by atoms with van der Waals surface area (Å²) in [6.45, 7) is -0.0379. The zero-order valence-corrected chi connectivity index (χ0v) is 15.4. The van der Waals surface area contributed by atoms with E-state index >= 15 is 0 Å². The molecular formula is C19H19F3N4O3. The number of carbonyl (C=O) groups excluding carboxylic acids is 3. The van der Waals surface area contributed by atoms with E-state index < -0.39 is 37.1 Å². The fourth-order valence-electron chi connectivity index (χ4n) is 2.32. The second-order valence-electron chi connectivity index (χ2n) is 6.07. The Kier molecular flexibility index (Phi) is 7.18. The molecule has 0 atom stereocenters. The third kappa shape index (κ3) is 7.53. The van der Waals surface area contributed by atoms with Crippen LogP contribution in [-0.2, 0) is 4.79 Å². The number of urea groups is 1. The summed E-state index contributed by atoms with van der Waals surface area (Å²) in [6.07, 6.45) is -4.55. The van der Waals surface area contributed by atoms with Crippen molar-refractivity contribution in [1.29, 1.82) is 0 Å². The highest BCUT2D eigenvalue weighted by molar-refractivity contribution is 6.04. The molecule has 2 aromatic rings. The minimum absolute atomic E-state index is 0.0260. The molecule has 4 N–H and O–H groups in total. The molecule has 0 aliphatic rings. The molecule has 0 spiro atoms. The van der Waals surface area contributed by atoms with Gasteiger partial charge in [-0.05, 0) is 36.8 Å². The lowest BCUT2D eigenvalue weighted by Crippen LogP contribution is -2.37. The van der Waals surface area contributed by atoms with Crippen molar-refractivity contribution in [2.45, 2.75) is 13.1 Å². The lowest BCUT2D eigenvalue weighted by atomic mass is 10.1. The van der Waals surface area contributed by atoms with E-state index in [4.69, 9.17) is 0 Å². The van der Waals surface area contributed by atoms with E-state index in [-0.39, 0.29) is 11.3 Å². The lowest BCUT2D eigenvalue weighted by molar-refractivity contribution is -0.123. The Labute approximate surface area is 164 Å². The predicted molar refractivity (Wildman–Crippen MR) is 102 cm³/mol. The molecule has 0 bridgehead atoms. The van der Waals surface area contributed by atoms with E-state index in [1.807, 2.05) is 13.0 Å². The Hall–Kier alpha value is -3.56. The van der Waals surface area contributed by atoms with Crippen LogP contribution in [0.5, 0.6) is 0 Å². The smallest absolute Gasteiger partial charge is 0.343 e. The molecule has 10 heteroatoms. The number of alkyl halides is 3. The summed E-state index contributed by atoms with van der Waals surface area (Å²) in [7, 11) is 0. The Bertz CT molecular complexity index is 900.